The molecule has 0 aliphatic rings. The van der Waals surface area contributed by atoms with E-state index in [-0.39, 0.29) is 11.4 Å². The highest BCUT2D eigenvalue weighted by atomic mass is 32.2. The van der Waals surface area contributed by atoms with Crippen LogP contribution in [0.15, 0.2) is 41.6 Å². The van der Waals surface area contributed by atoms with E-state index in [4.69, 9.17) is 5.11 Å². The topological polar surface area (TPSA) is 112 Å². The predicted octanol–water partition coefficient (Wildman–Crippen LogP) is 1.23. The van der Waals surface area contributed by atoms with E-state index >= 15 is 0 Å². The smallest absolute Gasteiger partial charge is 0.303 e. The number of aromatic nitrogens is 2. The third kappa shape index (κ3) is 3.58. The van der Waals surface area contributed by atoms with Crippen molar-refractivity contribution in [1.29, 1.82) is 0 Å². The first-order chi connectivity index (χ1) is 9.47. The number of anilines is 1. The Labute approximate surface area is 115 Å². The molecule has 0 bridgehead atoms. The highest BCUT2D eigenvalue weighted by Gasteiger charge is 2.15. The molecule has 2 rings (SSSR count). The van der Waals surface area contributed by atoms with Crippen LogP contribution in [0.3, 0.4) is 0 Å². The lowest BCUT2D eigenvalue weighted by atomic mass is 10.1. The van der Waals surface area contributed by atoms with Gasteiger partial charge in [-0.2, -0.15) is 13.5 Å². The Kier molecular flexibility index (Phi) is 4.04. The maximum atomic E-state index is 12.0. The number of nitrogens with zero attached hydrogens (tertiary/aromatic N) is 1. The van der Waals surface area contributed by atoms with Crippen molar-refractivity contribution < 1.29 is 18.3 Å². The molecule has 2 aromatic rings. The van der Waals surface area contributed by atoms with Crippen molar-refractivity contribution in [2.75, 3.05) is 4.72 Å². The largest absolute Gasteiger partial charge is 0.481 e. The minimum absolute atomic E-state index is 0.00322. The highest BCUT2D eigenvalue weighted by molar-refractivity contribution is 7.92. The molecule has 1 heterocycles. The van der Waals surface area contributed by atoms with Gasteiger partial charge in [0.25, 0.3) is 10.0 Å². The number of aromatic amines is 1. The molecule has 0 aliphatic carbocycles. The summed E-state index contributed by atoms with van der Waals surface area (Å²) in [5, 5.41) is 14.6. The molecule has 20 heavy (non-hydrogen) atoms. The van der Waals surface area contributed by atoms with Crippen molar-refractivity contribution in [3.05, 3.63) is 42.1 Å². The fraction of sp³-hybridized carbons (Fsp3) is 0.167. The fourth-order valence-electron chi connectivity index (χ4n) is 1.64. The van der Waals surface area contributed by atoms with Crippen molar-refractivity contribution in [3.8, 4) is 0 Å². The number of aryl methyl sites for hydroxylation is 1. The lowest BCUT2D eigenvalue weighted by molar-refractivity contribution is -0.136. The van der Waals surface area contributed by atoms with Gasteiger partial charge in [0.2, 0.25) is 0 Å². The van der Waals surface area contributed by atoms with Crippen LogP contribution in [0.2, 0.25) is 0 Å². The number of H-pyrrole nitrogens is 1. The van der Waals surface area contributed by atoms with E-state index in [1.54, 1.807) is 24.3 Å². The maximum absolute atomic E-state index is 12.0. The Balaban J connectivity index is 2.14. The third-order valence-corrected chi connectivity index (χ3v) is 3.88. The second kappa shape index (κ2) is 5.74. The quantitative estimate of drug-likeness (QED) is 0.742. The fourth-order valence-corrected chi connectivity index (χ4v) is 2.60. The molecule has 0 spiro atoms. The Bertz CT molecular complexity index is 695. The lowest BCUT2D eigenvalue weighted by Crippen LogP contribution is -2.13. The van der Waals surface area contributed by atoms with Crippen LogP contribution < -0.4 is 4.72 Å². The highest BCUT2D eigenvalue weighted by Crippen LogP contribution is 2.16. The van der Waals surface area contributed by atoms with E-state index in [1.165, 1.54) is 12.3 Å². The second-order valence-corrected chi connectivity index (χ2v) is 5.77. The SMILES string of the molecule is O=C(O)CCc1cccc(NS(=O)(=O)c2ccn[nH]2)c1. The van der Waals surface area contributed by atoms with Gasteiger partial charge in [-0.3, -0.25) is 14.6 Å². The lowest BCUT2D eigenvalue weighted by Gasteiger charge is -2.07. The Hall–Kier alpha value is -2.35. The average Bonchev–Trinajstić information content (AvgIpc) is 2.91. The molecule has 1 aromatic carbocycles. The summed E-state index contributed by atoms with van der Waals surface area (Å²) in [6.07, 6.45) is 1.68. The summed E-state index contributed by atoms with van der Waals surface area (Å²) in [5.74, 6) is -0.895. The van der Waals surface area contributed by atoms with E-state index in [0.29, 0.717) is 12.1 Å². The van der Waals surface area contributed by atoms with Crippen molar-refractivity contribution in [2.24, 2.45) is 0 Å². The van der Waals surface area contributed by atoms with Gasteiger partial charge in [0.05, 0.1) is 6.20 Å². The molecule has 8 heteroatoms. The standard InChI is InChI=1S/C12H13N3O4S/c16-12(17)5-4-9-2-1-3-10(8-9)15-20(18,19)11-6-7-13-14-11/h1-3,6-8,15H,4-5H2,(H,13,14)(H,16,17). The van der Waals surface area contributed by atoms with E-state index in [9.17, 15) is 13.2 Å². The normalized spacial score (nSPS) is 11.2. The van der Waals surface area contributed by atoms with Crippen molar-refractivity contribution in [3.63, 3.8) is 0 Å². The summed E-state index contributed by atoms with van der Waals surface area (Å²) in [4.78, 5) is 10.5. The molecule has 106 valence electrons. The van der Waals surface area contributed by atoms with Gasteiger partial charge in [-0.15, -0.1) is 0 Å². The van der Waals surface area contributed by atoms with E-state index < -0.39 is 16.0 Å². The summed E-state index contributed by atoms with van der Waals surface area (Å²) < 4.78 is 26.3. The zero-order chi connectivity index (χ0) is 14.6. The Morgan fingerprint density at radius 1 is 1.35 bits per heavy atom. The molecule has 0 atom stereocenters. The van der Waals surface area contributed by atoms with Crippen molar-refractivity contribution >= 4 is 21.7 Å². The van der Waals surface area contributed by atoms with Crippen LogP contribution >= 0.6 is 0 Å². The third-order valence-electron chi connectivity index (χ3n) is 2.57. The Morgan fingerprint density at radius 2 is 2.15 bits per heavy atom. The van der Waals surface area contributed by atoms with Crippen LogP contribution in [0.1, 0.15) is 12.0 Å². The molecule has 7 nitrogen and oxygen atoms in total. The van der Waals surface area contributed by atoms with Crippen LogP contribution in [0.25, 0.3) is 0 Å². The molecule has 0 aliphatic heterocycles. The number of rotatable bonds is 6. The van der Waals surface area contributed by atoms with Gasteiger partial charge in [-0.1, -0.05) is 12.1 Å². The minimum Gasteiger partial charge on any atom is -0.481 e. The van der Waals surface area contributed by atoms with Crippen LogP contribution in [0, 0.1) is 0 Å². The van der Waals surface area contributed by atoms with Gasteiger partial charge in [-0.25, -0.2) is 0 Å². The predicted molar refractivity (Wildman–Crippen MR) is 71.8 cm³/mol. The summed E-state index contributed by atoms with van der Waals surface area (Å²) >= 11 is 0. The molecule has 3 N–H and O–H groups in total. The number of sulfonamides is 1. The molecule has 0 radical (unpaired) electrons. The number of hydrogen-bond acceptors (Lipinski definition) is 4. The maximum Gasteiger partial charge on any atom is 0.303 e. The number of hydrogen-bond donors (Lipinski definition) is 3. The van der Waals surface area contributed by atoms with Crippen molar-refractivity contribution in [1.82, 2.24) is 10.2 Å². The van der Waals surface area contributed by atoms with E-state index in [0.717, 1.165) is 5.56 Å². The summed E-state index contributed by atoms with van der Waals surface area (Å²) in [7, 11) is -3.70. The van der Waals surface area contributed by atoms with Crippen LogP contribution in [0.5, 0.6) is 0 Å². The first-order valence-electron chi connectivity index (χ1n) is 5.80. The molecule has 0 saturated heterocycles. The monoisotopic (exact) mass is 295 g/mol. The number of carboxylic acids is 1. The molecule has 0 saturated carbocycles. The molecule has 1 aromatic heterocycles. The van der Waals surface area contributed by atoms with Crippen LogP contribution in [-0.4, -0.2) is 29.7 Å². The van der Waals surface area contributed by atoms with Gasteiger partial charge in [0.15, 0.2) is 5.03 Å². The molecular formula is C12H13N3O4S. The van der Waals surface area contributed by atoms with E-state index in [1.807, 2.05) is 0 Å². The second-order valence-electron chi connectivity index (χ2n) is 4.12. The van der Waals surface area contributed by atoms with Gasteiger partial charge < -0.3 is 5.11 Å². The molecule has 0 amide bonds. The zero-order valence-corrected chi connectivity index (χ0v) is 11.2. The molecule has 0 unspecified atom stereocenters. The number of aliphatic carboxylic acids is 1. The Morgan fingerprint density at radius 3 is 2.80 bits per heavy atom. The first kappa shape index (κ1) is 14.1. The molecular weight excluding hydrogens is 282 g/mol. The van der Waals surface area contributed by atoms with Gasteiger partial charge in [0, 0.05) is 12.1 Å². The number of benzene rings is 1. The summed E-state index contributed by atoms with van der Waals surface area (Å²) in [5.41, 5.74) is 1.12. The van der Waals surface area contributed by atoms with Gasteiger partial charge in [-0.05, 0) is 30.2 Å². The van der Waals surface area contributed by atoms with Crippen molar-refractivity contribution in [2.45, 2.75) is 17.9 Å². The van der Waals surface area contributed by atoms with E-state index in [2.05, 4.69) is 14.9 Å². The first-order valence-corrected chi connectivity index (χ1v) is 7.28. The summed E-state index contributed by atoms with van der Waals surface area (Å²) in [6.45, 7) is 0. The van der Waals surface area contributed by atoms with Crippen LogP contribution in [-0.2, 0) is 21.2 Å². The van der Waals surface area contributed by atoms with Gasteiger partial charge >= 0.3 is 5.97 Å². The average molecular weight is 295 g/mol. The number of nitrogens with one attached hydrogen (secondary N) is 2. The number of carboxylic acid groups (broad SMARTS) is 1. The van der Waals surface area contributed by atoms with Crippen LogP contribution in [0.4, 0.5) is 5.69 Å². The zero-order valence-electron chi connectivity index (χ0n) is 10.4. The minimum atomic E-state index is -3.70. The molecule has 0 fully saturated rings. The summed E-state index contributed by atoms with van der Waals surface area (Å²) in [6, 6.07) is 7.96. The van der Waals surface area contributed by atoms with Gasteiger partial charge in [0.1, 0.15) is 0 Å². The number of carbonyl (C=O) groups is 1.